The smallest absolute Gasteiger partial charge is 0.328 e. The maximum Gasteiger partial charge on any atom is 0.328 e. The Hall–Kier alpha value is -2.83. The molecule has 6 atom stereocenters. The van der Waals surface area contributed by atoms with Gasteiger partial charge < -0.3 is 37.0 Å². The molecule has 0 bridgehead atoms. The Balaban J connectivity index is 3.15. The van der Waals surface area contributed by atoms with Gasteiger partial charge in [-0.2, -0.15) is 11.8 Å². The first kappa shape index (κ1) is 31.2. The number of carbonyl (C=O) groups is 4. The van der Waals surface area contributed by atoms with Crippen molar-refractivity contribution in [3.63, 3.8) is 0 Å². The summed E-state index contributed by atoms with van der Waals surface area (Å²) >= 11 is 1.48. The molecule has 6 unspecified atom stereocenters. The monoisotopic (exact) mass is 526 g/mol. The SMILES string of the molecule is CCC(C)C(N)C(=O)NC(CCSC)C(=O)NC(Cc1ccc(O)cc1)C(=O)NC(C(=O)O)C(C)O. The lowest BCUT2D eigenvalue weighted by Crippen LogP contribution is -2.59. The zero-order valence-electron chi connectivity index (χ0n) is 21.1. The predicted molar refractivity (Wildman–Crippen MR) is 137 cm³/mol. The number of thioether (sulfide) groups is 1. The number of phenols is 1. The maximum absolute atomic E-state index is 13.2. The quantitative estimate of drug-likeness (QED) is 0.165. The van der Waals surface area contributed by atoms with Crippen LogP contribution in [0.3, 0.4) is 0 Å². The molecule has 36 heavy (non-hydrogen) atoms. The summed E-state index contributed by atoms with van der Waals surface area (Å²) in [5.74, 6) is -2.90. The van der Waals surface area contributed by atoms with E-state index in [4.69, 9.17) is 5.73 Å². The fraction of sp³-hybridized carbons (Fsp3) is 0.583. The van der Waals surface area contributed by atoms with E-state index in [2.05, 4.69) is 16.0 Å². The van der Waals surface area contributed by atoms with Gasteiger partial charge in [0.2, 0.25) is 17.7 Å². The van der Waals surface area contributed by atoms with Gasteiger partial charge in [0.1, 0.15) is 17.8 Å². The van der Waals surface area contributed by atoms with Crippen molar-refractivity contribution in [3.8, 4) is 5.75 Å². The van der Waals surface area contributed by atoms with Crippen LogP contribution >= 0.6 is 11.8 Å². The summed E-state index contributed by atoms with van der Waals surface area (Å²) in [6.45, 7) is 4.96. The van der Waals surface area contributed by atoms with Crippen molar-refractivity contribution < 1.29 is 34.5 Å². The summed E-state index contributed by atoms with van der Waals surface area (Å²) in [7, 11) is 0. The van der Waals surface area contributed by atoms with Crippen LogP contribution in [0.1, 0.15) is 39.2 Å². The summed E-state index contributed by atoms with van der Waals surface area (Å²) in [6, 6.07) is 1.36. The molecule has 202 valence electrons. The van der Waals surface area contributed by atoms with Crippen LogP contribution < -0.4 is 21.7 Å². The Morgan fingerprint density at radius 3 is 2.03 bits per heavy atom. The minimum absolute atomic E-state index is 0.0151. The molecule has 11 nitrogen and oxygen atoms in total. The van der Waals surface area contributed by atoms with Crippen LogP contribution in [0.2, 0.25) is 0 Å². The average molecular weight is 527 g/mol. The number of aliphatic hydroxyl groups excluding tert-OH is 1. The number of carbonyl (C=O) groups excluding carboxylic acids is 3. The van der Waals surface area contributed by atoms with E-state index in [1.54, 1.807) is 12.1 Å². The predicted octanol–water partition coefficient (Wildman–Crippen LogP) is -0.0190. The molecule has 8 N–H and O–H groups in total. The third-order valence-corrected chi connectivity index (χ3v) is 6.50. The molecule has 0 spiro atoms. The molecular weight excluding hydrogens is 488 g/mol. The molecule has 0 aliphatic carbocycles. The first-order valence-electron chi connectivity index (χ1n) is 11.8. The number of nitrogens with two attached hydrogens (primary N) is 1. The van der Waals surface area contributed by atoms with Gasteiger partial charge in [0.25, 0.3) is 0 Å². The second-order valence-electron chi connectivity index (χ2n) is 8.75. The Labute approximate surface area is 215 Å². The Morgan fingerprint density at radius 1 is 0.972 bits per heavy atom. The second kappa shape index (κ2) is 15.3. The third-order valence-electron chi connectivity index (χ3n) is 5.86. The number of aliphatic carboxylic acids is 1. The molecular formula is C24H38N4O7S. The number of hydrogen-bond donors (Lipinski definition) is 7. The normalized spacial score (nSPS) is 16.1. The van der Waals surface area contributed by atoms with Crippen LogP contribution in [0.5, 0.6) is 5.75 Å². The number of carboxylic acid groups (broad SMARTS) is 1. The second-order valence-corrected chi connectivity index (χ2v) is 9.74. The van der Waals surface area contributed by atoms with Gasteiger partial charge in [-0.05, 0) is 49.0 Å². The van der Waals surface area contributed by atoms with Gasteiger partial charge >= 0.3 is 5.97 Å². The largest absolute Gasteiger partial charge is 0.508 e. The molecule has 0 radical (unpaired) electrons. The number of amides is 3. The zero-order chi connectivity index (χ0) is 27.4. The fourth-order valence-corrected chi connectivity index (χ4v) is 3.75. The molecule has 1 rings (SSSR count). The molecule has 0 saturated heterocycles. The number of carboxylic acids is 1. The lowest BCUT2D eigenvalue weighted by atomic mass is 9.99. The van der Waals surface area contributed by atoms with Crippen LogP contribution in [0.4, 0.5) is 0 Å². The topological polar surface area (TPSA) is 191 Å². The number of rotatable bonds is 15. The third kappa shape index (κ3) is 10.0. The number of aromatic hydroxyl groups is 1. The van der Waals surface area contributed by atoms with E-state index < -0.39 is 54.0 Å². The van der Waals surface area contributed by atoms with E-state index in [1.807, 2.05) is 20.1 Å². The fourth-order valence-electron chi connectivity index (χ4n) is 3.28. The van der Waals surface area contributed by atoms with Crippen molar-refractivity contribution in [2.45, 2.75) is 70.3 Å². The standard InChI is InChI=1S/C24H38N4O7S/c1-5-13(2)19(25)23(33)26-17(10-11-36-4)21(31)27-18(12-15-6-8-16(30)9-7-15)22(32)28-20(14(3)29)24(34)35/h6-9,13-14,17-20,29-30H,5,10-12,25H2,1-4H3,(H,26,33)(H,27,31)(H,28,32)(H,34,35). The van der Waals surface area contributed by atoms with Gasteiger partial charge in [-0.3, -0.25) is 14.4 Å². The lowest BCUT2D eigenvalue weighted by Gasteiger charge is -2.26. The highest BCUT2D eigenvalue weighted by atomic mass is 32.2. The summed E-state index contributed by atoms with van der Waals surface area (Å²) in [5, 5.41) is 36.1. The molecule has 1 aromatic rings. The zero-order valence-corrected chi connectivity index (χ0v) is 21.9. The van der Waals surface area contributed by atoms with Crippen LogP contribution in [-0.2, 0) is 25.6 Å². The van der Waals surface area contributed by atoms with Crippen molar-refractivity contribution in [1.82, 2.24) is 16.0 Å². The van der Waals surface area contributed by atoms with E-state index in [1.165, 1.54) is 30.8 Å². The van der Waals surface area contributed by atoms with Gasteiger partial charge in [-0.25, -0.2) is 4.79 Å². The first-order valence-corrected chi connectivity index (χ1v) is 13.1. The molecule has 0 aromatic heterocycles. The highest BCUT2D eigenvalue weighted by Crippen LogP contribution is 2.13. The van der Waals surface area contributed by atoms with E-state index in [9.17, 15) is 34.5 Å². The average Bonchev–Trinajstić information content (AvgIpc) is 2.83. The Morgan fingerprint density at radius 2 is 1.53 bits per heavy atom. The Kier molecular flexibility index (Phi) is 13.3. The molecule has 0 aliphatic rings. The number of benzene rings is 1. The van der Waals surface area contributed by atoms with Gasteiger partial charge in [-0.15, -0.1) is 0 Å². The maximum atomic E-state index is 13.2. The van der Waals surface area contributed by atoms with Gasteiger partial charge in [-0.1, -0.05) is 32.4 Å². The number of aliphatic hydroxyl groups is 1. The summed E-state index contributed by atoms with van der Waals surface area (Å²) < 4.78 is 0. The highest BCUT2D eigenvalue weighted by Gasteiger charge is 2.32. The van der Waals surface area contributed by atoms with Gasteiger partial charge in [0.05, 0.1) is 12.1 Å². The molecule has 0 aliphatic heterocycles. The van der Waals surface area contributed by atoms with Crippen molar-refractivity contribution in [2.24, 2.45) is 11.7 Å². The highest BCUT2D eigenvalue weighted by molar-refractivity contribution is 7.98. The molecule has 0 saturated carbocycles. The number of hydrogen-bond acceptors (Lipinski definition) is 8. The van der Waals surface area contributed by atoms with Crippen LogP contribution in [0, 0.1) is 5.92 Å². The van der Waals surface area contributed by atoms with Gasteiger partial charge in [0.15, 0.2) is 6.04 Å². The Bertz CT molecular complexity index is 882. The van der Waals surface area contributed by atoms with Crippen LogP contribution in [0.25, 0.3) is 0 Å². The molecule has 0 heterocycles. The minimum atomic E-state index is -1.59. The molecule has 1 aromatic carbocycles. The minimum Gasteiger partial charge on any atom is -0.508 e. The van der Waals surface area contributed by atoms with E-state index in [0.29, 0.717) is 17.7 Å². The van der Waals surface area contributed by atoms with E-state index in [-0.39, 0.29) is 24.5 Å². The molecule has 12 heteroatoms. The molecule has 0 fully saturated rings. The van der Waals surface area contributed by atoms with E-state index >= 15 is 0 Å². The van der Waals surface area contributed by atoms with Gasteiger partial charge in [0, 0.05) is 6.42 Å². The summed E-state index contributed by atoms with van der Waals surface area (Å²) in [5.41, 5.74) is 6.59. The summed E-state index contributed by atoms with van der Waals surface area (Å²) in [6.07, 6.45) is 1.40. The van der Waals surface area contributed by atoms with Crippen molar-refractivity contribution in [3.05, 3.63) is 29.8 Å². The first-order chi connectivity index (χ1) is 16.9. The van der Waals surface area contributed by atoms with Crippen molar-refractivity contribution in [1.29, 1.82) is 0 Å². The summed E-state index contributed by atoms with van der Waals surface area (Å²) in [4.78, 5) is 50.3. The molecule has 3 amide bonds. The number of nitrogens with one attached hydrogen (secondary N) is 3. The van der Waals surface area contributed by atoms with Crippen LogP contribution in [0.15, 0.2) is 24.3 Å². The van der Waals surface area contributed by atoms with E-state index in [0.717, 1.165) is 0 Å². The number of phenolic OH excluding ortho intramolecular Hbond substituents is 1. The lowest BCUT2D eigenvalue weighted by molar-refractivity contribution is -0.145. The van der Waals surface area contributed by atoms with Crippen molar-refractivity contribution in [2.75, 3.05) is 12.0 Å². The van der Waals surface area contributed by atoms with Crippen LogP contribution in [-0.4, -0.2) is 81.3 Å². The van der Waals surface area contributed by atoms with Crippen molar-refractivity contribution >= 4 is 35.5 Å².